The molecule has 0 unspecified atom stereocenters. The van der Waals surface area contributed by atoms with E-state index in [1.165, 1.54) is 41.4 Å². The molecule has 16 heteroatoms. The van der Waals surface area contributed by atoms with E-state index in [9.17, 15) is 44.3 Å². The first kappa shape index (κ1) is 29.8. The van der Waals surface area contributed by atoms with Crippen molar-refractivity contribution in [3.05, 3.63) is 48.4 Å². The Morgan fingerprint density at radius 2 is 1.79 bits per heavy atom. The number of amides is 2. The SMILES string of the molecule is CCN(C(=O)N[C@@H](CCC(F)(F)F)C(F)(F)F)[C@@H](c1cccc(-c2cn3ccnc3c(OC)n2)c1)C(F)(F)F. The van der Waals surface area contributed by atoms with Crippen molar-refractivity contribution in [3.8, 4) is 17.1 Å². The number of aromatic nitrogens is 3. The van der Waals surface area contributed by atoms with Gasteiger partial charge in [-0.15, -0.1) is 0 Å². The van der Waals surface area contributed by atoms with E-state index in [1.54, 1.807) is 6.20 Å². The number of carbonyl (C=O) groups excluding carboxylic acids is 1. The molecule has 0 aliphatic heterocycles. The van der Waals surface area contributed by atoms with Gasteiger partial charge in [0.25, 0.3) is 5.88 Å². The first-order valence-electron chi connectivity index (χ1n) is 11.3. The van der Waals surface area contributed by atoms with Crippen molar-refractivity contribution in [3.63, 3.8) is 0 Å². The normalized spacial score (nSPS) is 14.2. The van der Waals surface area contributed by atoms with E-state index in [0.717, 1.165) is 19.1 Å². The molecule has 0 radical (unpaired) electrons. The van der Waals surface area contributed by atoms with Gasteiger partial charge in [0, 0.05) is 37.1 Å². The van der Waals surface area contributed by atoms with E-state index in [4.69, 9.17) is 4.74 Å². The number of fused-ring (bicyclic) bond motifs is 1. The zero-order valence-electron chi connectivity index (χ0n) is 20.3. The van der Waals surface area contributed by atoms with Crippen LogP contribution in [0.1, 0.15) is 31.4 Å². The highest BCUT2D eigenvalue weighted by Crippen LogP contribution is 2.39. The van der Waals surface area contributed by atoms with Crippen LogP contribution >= 0.6 is 0 Å². The molecule has 0 spiro atoms. The Labute approximate surface area is 215 Å². The molecular formula is C23H22F9N5O2. The second-order valence-corrected chi connectivity index (χ2v) is 8.35. The van der Waals surface area contributed by atoms with Crippen LogP contribution in [0.25, 0.3) is 16.9 Å². The average Bonchev–Trinajstić information content (AvgIpc) is 3.31. The number of methoxy groups -OCH3 is 1. The molecule has 3 aromatic rings. The van der Waals surface area contributed by atoms with Gasteiger partial charge in [0.15, 0.2) is 11.7 Å². The largest absolute Gasteiger partial charge is 0.478 e. The summed E-state index contributed by atoms with van der Waals surface area (Å²) < 4.78 is 127. The molecule has 0 saturated carbocycles. The first-order valence-corrected chi connectivity index (χ1v) is 11.3. The minimum absolute atomic E-state index is 0.0712. The monoisotopic (exact) mass is 571 g/mol. The fourth-order valence-electron chi connectivity index (χ4n) is 3.89. The number of ether oxygens (including phenoxy) is 1. The lowest BCUT2D eigenvalue weighted by Crippen LogP contribution is -2.53. The third kappa shape index (κ3) is 7.23. The second-order valence-electron chi connectivity index (χ2n) is 8.35. The van der Waals surface area contributed by atoms with Gasteiger partial charge in [-0.2, -0.15) is 39.5 Å². The highest BCUT2D eigenvalue weighted by atomic mass is 19.4. The van der Waals surface area contributed by atoms with E-state index in [2.05, 4.69) is 9.97 Å². The van der Waals surface area contributed by atoms with Gasteiger partial charge in [-0.25, -0.2) is 14.8 Å². The van der Waals surface area contributed by atoms with Gasteiger partial charge >= 0.3 is 24.6 Å². The smallest absolute Gasteiger partial charge is 0.413 e. The van der Waals surface area contributed by atoms with E-state index < -0.39 is 61.6 Å². The van der Waals surface area contributed by atoms with Gasteiger partial charge in [0.2, 0.25) is 0 Å². The topological polar surface area (TPSA) is 71.8 Å². The van der Waals surface area contributed by atoms with Gasteiger partial charge < -0.3 is 19.4 Å². The summed E-state index contributed by atoms with van der Waals surface area (Å²) in [7, 11) is 1.32. The lowest BCUT2D eigenvalue weighted by atomic mass is 10.0. The lowest BCUT2D eigenvalue weighted by molar-refractivity contribution is -0.181. The average molecular weight is 571 g/mol. The van der Waals surface area contributed by atoms with Crippen molar-refractivity contribution in [1.82, 2.24) is 24.6 Å². The van der Waals surface area contributed by atoms with Crippen molar-refractivity contribution < 1.29 is 49.0 Å². The molecule has 1 N–H and O–H groups in total. The minimum Gasteiger partial charge on any atom is -0.478 e. The fourth-order valence-corrected chi connectivity index (χ4v) is 3.89. The molecule has 2 aromatic heterocycles. The van der Waals surface area contributed by atoms with Crippen molar-refractivity contribution >= 4 is 11.7 Å². The van der Waals surface area contributed by atoms with Gasteiger partial charge in [-0.3, -0.25) is 0 Å². The number of carbonyl (C=O) groups is 1. The number of rotatable bonds is 8. The third-order valence-corrected chi connectivity index (χ3v) is 5.67. The number of benzene rings is 1. The van der Waals surface area contributed by atoms with Crippen molar-refractivity contribution in [1.29, 1.82) is 0 Å². The van der Waals surface area contributed by atoms with Gasteiger partial charge in [0.05, 0.1) is 12.8 Å². The third-order valence-electron chi connectivity index (χ3n) is 5.67. The summed E-state index contributed by atoms with van der Waals surface area (Å²) >= 11 is 0. The van der Waals surface area contributed by atoms with Crippen LogP contribution < -0.4 is 10.1 Å². The maximum atomic E-state index is 14.3. The van der Waals surface area contributed by atoms with Crippen LogP contribution in [0.15, 0.2) is 42.9 Å². The van der Waals surface area contributed by atoms with Crippen molar-refractivity contribution in [2.45, 2.75) is 50.4 Å². The number of imidazole rings is 1. The molecule has 214 valence electrons. The van der Waals surface area contributed by atoms with Crippen LogP contribution in [0.2, 0.25) is 0 Å². The van der Waals surface area contributed by atoms with Crippen LogP contribution in [0.3, 0.4) is 0 Å². The van der Waals surface area contributed by atoms with E-state index in [1.807, 2.05) is 0 Å². The maximum Gasteiger partial charge on any atom is 0.413 e. The Morgan fingerprint density at radius 1 is 1.10 bits per heavy atom. The summed E-state index contributed by atoms with van der Waals surface area (Å²) in [6.45, 7) is 0.386. The number of alkyl halides is 9. The number of hydrogen-bond donors (Lipinski definition) is 1. The Bertz CT molecular complexity index is 1290. The number of hydrogen-bond acceptors (Lipinski definition) is 4. The summed E-state index contributed by atoms with van der Waals surface area (Å²) in [4.78, 5) is 21.0. The number of nitrogens with zero attached hydrogens (tertiary/aromatic N) is 4. The van der Waals surface area contributed by atoms with Crippen LogP contribution in [0.5, 0.6) is 5.88 Å². The fraction of sp³-hybridized carbons (Fsp3) is 0.435. The molecule has 2 amide bonds. The van der Waals surface area contributed by atoms with Crippen LogP contribution in [0.4, 0.5) is 44.3 Å². The van der Waals surface area contributed by atoms with Crippen LogP contribution in [0, 0.1) is 0 Å². The molecule has 3 rings (SSSR count). The number of halogens is 9. The molecule has 0 bridgehead atoms. The minimum atomic E-state index is -5.33. The van der Waals surface area contributed by atoms with E-state index in [-0.39, 0.29) is 22.0 Å². The number of urea groups is 1. The highest BCUT2D eigenvalue weighted by molar-refractivity contribution is 5.75. The Kier molecular flexibility index (Phi) is 8.55. The van der Waals surface area contributed by atoms with E-state index in [0.29, 0.717) is 5.65 Å². The quantitative estimate of drug-likeness (QED) is 0.322. The molecule has 0 aliphatic carbocycles. The molecule has 39 heavy (non-hydrogen) atoms. The predicted octanol–water partition coefficient (Wildman–Crippen LogP) is 6.31. The predicted molar refractivity (Wildman–Crippen MR) is 120 cm³/mol. The maximum absolute atomic E-state index is 14.3. The van der Waals surface area contributed by atoms with Gasteiger partial charge in [-0.1, -0.05) is 18.2 Å². The summed E-state index contributed by atoms with van der Waals surface area (Å²) in [6.07, 6.45) is -14.5. The summed E-state index contributed by atoms with van der Waals surface area (Å²) in [6, 6.07) is -2.82. The Hall–Kier alpha value is -3.72. The molecular weight excluding hydrogens is 549 g/mol. The standard InChI is InChI=1S/C23H22F9N5O2/c1-3-37(20(38)35-16(22(27,28)29)7-8-21(24,25)26)17(23(30,31)32)14-6-4-5-13(11-14)15-12-36-10-9-33-18(36)19(34-15)39-2/h4-6,9-12,16-17H,3,7-8H2,1-2H3,(H,35,38)/t16-,17-/m0/s1. The Morgan fingerprint density at radius 3 is 2.36 bits per heavy atom. The van der Waals surface area contributed by atoms with E-state index >= 15 is 0 Å². The zero-order chi connectivity index (χ0) is 29.2. The first-order chi connectivity index (χ1) is 18.0. The number of nitrogens with one attached hydrogen (secondary N) is 1. The molecule has 0 saturated heterocycles. The van der Waals surface area contributed by atoms with Crippen LogP contribution in [-0.2, 0) is 0 Å². The van der Waals surface area contributed by atoms with Crippen LogP contribution in [-0.4, -0.2) is 63.5 Å². The molecule has 0 fully saturated rings. The zero-order valence-corrected chi connectivity index (χ0v) is 20.3. The highest BCUT2D eigenvalue weighted by Gasteiger charge is 2.48. The molecule has 2 heterocycles. The van der Waals surface area contributed by atoms with Crippen molar-refractivity contribution in [2.75, 3.05) is 13.7 Å². The second kappa shape index (κ2) is 11.2. The summed E-state index contributed by atoms with van der Waals surface area (Å²) in [5, 5.41) is 1.30. The summed E-state index contributed by atoms with van der Waals surface area (Å²) in [5.41, 5.74) is 0.147. The lowest BCUT2D eigenvalue weighted by Gasteiger charge is -2.34. The molecule has 2 atom stereocenters. The summed E-state index contributed by atoms with van der Waals surface area (Å²) in [5.74, 6) is 0.0712. The van der Waals surface area contributed by atoms with Crippen molar-refractivity contribution in [2.24, 2.45) is 0 Å². The molecule has 1 aromatic carbocycles. The Balaban J connectivity index is 1.98. The van der Waals surface area contributed by atoms with Gasteiger partial charge in [-0.05, 0) is 25.0 Å². The molecule has 7 nitrogen and oxygen atoms in total. The molecule has 0 aliphatic rings. The van der Waals surface area contributed by atoms with Gasteiger partial charge in [0.1, 0.15) is 6.04 Å².